The SMILES string of the molecule is CCc1c2c(nc3ccc(OC(=O)N4CCC(N5CCCCC5)CC4)cc13)-c1cc3c(c(=O)n1C2)COC(=O)[C@]3(O)CC.O=P(O)(O)O.O=P(O)(O)O.O=P(O)(O)O. The standard InChI is InChI=1S/C33H38N4O6.3H3O4P/c1-3-22-23-16-21(43-32(40)36-14-10-20(11-15-36)35-12-6-5-7-13-35)8-9-27(23)34-29-24(22)18-37-28(29)17-26-25(30(37)38)19-42-31(39)33(26,41)4-2;3*1-5(2,3)4/h8-9,16-17,20,41H,3-7,10-15,18-19H2,1-2H3;3*(H3,1,2,3,4)/t33-;;;/m0.../s1. The zero-order valence-electron chi connectivity index (χ0n) is 31.4. The van der Waals surface area contributed by atoms with Gasteiger partial charge in [-0.3, -0.25) is 4.79 Å². The van der Waals surface area contributed by atoms with Gasteiger partial charge in [0.15, 0.2) is 5.60 Å². The quantitative estimate of drug-likeness (QED) is 0.102. The zero-order valence-corrected chi connectivity index (χ0v) is 34.1. The third kappa shape index (κ3) is 12.5. The summed E-state index contributed by atoms with van der Waals surface area (Å²) in [5.74, 6) is -0.266. The summed E-state index contributed by atoms with van der Waals surface area (Å²) in [6.45, 7) is 7.65. The smallest absolute Gasteiger partial charge is 0.458 e. The molecule has 3 aromatic rings. The summed E-state index contributed by atoms with van der Waals surface area (Å²) in [5, 5.41) is 12.0. The van der Waals surface area contributed by atoms with Crippen LogP contribution in [-0.4, -0.2) is 113 Å². The molecule has 2 aromatic heterocycles. The molecule has 4 aliphatic heterocycles. The van der Waals surface area contributed by atoms with Gasteiger partial charge in [-0.15, -0.1) is 0 Å². The monoisotopic (exact) mass is 880 g/mol. The average molecular weight is 881 g/mol. The largest absolute Gasteiger partial charge is 0.466 e. The van der Waals surface area contributed by atoms with E-state index in [-0.39, 0.29) is 24.7 Å². The number of rotatable bonds is 4. The molecule has 0 radical (unpaired) electrons. The number of likely N-dealkylation sites (tertiary alicyclic amines) is 2. The van der Waals surface area contributed by atoms with Crippen molar-refractivity contribution in [3.8, 4) is 17.1 Å². The molecule has 10 N–H and O–H groups in total. The van der Waals surface area contributed by atoms with Gasteiger partial charge >= 0.3 is 35.5 Å². The highest BCUT2D eigenvalue weighted by molar-refractivity contribution is 7.45. The molecule has 1 atom stereocenters. The van der Waals surface area contributed by atoms with Gasteiger partial charge in [-0.25, -0.2) is 28.3 Å². The lowest BCUT2D eigenvalue weighted by Gasteiger charge is -2.39. The van der Waals surface area contributed by atoms with Gasteiger partial charge in [-0.1, -0.05) is 20.3 Å². The van der Waals surface area contributed by atoms with Gasteiger partial charge in [-0.2, -0.15) is 0 Å². The predicted octanol–water partition coefficient (Wildman–Crippen LogP) is 1.31. The minimum atomic E-state index is -4.64. The minimum absolute atomic E-state index is 0.0951. The average Bonchev–Trinajstić information content (AvgIpc) is 3.49. The topological polar surface area (TPSA) is 347 Å². The van der Waals surface area contributed by atoms with E-state index in [1.807, 2.05) is 17.0 Å². The maximum absolute atomic E-state index is 13.6. The van der Waals surface area contributed by atoms with Gasteiger partial charge in [-0.05, 0) is 81.4 Å². The number of carbonyl (C=O) groups is 2. The third-order valence-electron chi connectivity index (χ3n) is 9.97. The zero-order chi connectivity index (χ0) is 43.4. The lowest BCUT2D eigenvalue weighted by molar-refractivity contribution is -0.172. The first kappa shape index (κ1) is 47.3. The number of amides is 1. The van der Waals surface area contributed by atoms with Crippen LogP contribution in [0.15, 0.2) is 29.1 Å². The van der Waals surface area contributed by atoms with Crippen LogP contribution in [0, 0.1) is 0 Å². The van der Waals surface area contributed by atoms with Gasteiger partial charge < -0.3 is 73.0 Å². The summed E-state index contributed by atoms with van der Waals surface area (Å²) < 4.78 is 39.4. The number of aryl methyl sites for hydroxylation is 1. The van der Waals surface area contributed by atoms with Gasteiger partial charge in [0.25, 0.3) is 5.56 Å². The number of aliphatic hydroxyl groups is 1. The first-order valence-corrected chi connectivity index (χ1v) is 22.7. The van der Waals surface area contributed by atoms with E-state index in [4.69, 9.17) is 72.2 Å². The highest BCUT2D eigenvalue weighted by Gasteiger charge is 2.45. The number of ether oxygens (including phenoxy) is 2. The fourth-order valence-electron chi connectivity index (χ4n) is 7.47. The maximum Gasteiger partial charge on any atom is 0.466 e. The van der Waals surface area contributed by atoms with Crippen molar-refractivity contribution in [3.63, 3.8) is 0 Å². The first-order chi connectivity index (χ1) is 26.8. The molecule has 1 aromatic carbocycles. The highest BCUT2D eigenvalue weighted by atomic mass is 31.2. The molecule has 25 heteroatoms. The number of hydrogen-bond donors (Lipinski definition) is 10. The number of esters is 1. The Balaban J connectivity index is 0.000000426. The summed E-state index contributed by atoms with van der Waals surface area (Å²) >= 11 is 0. The Hall–Kier alpha value is -3.43. The van der Waals surface area contributed by atoms with E-state index in [9.17, 15) is 19.5 Å². The van der Waals surface area contributed by atoms with Crippen LogP contribution in [0.1, 0.15) is 74.6 Å². The number of piperidine rings is 2. The van der Waals surface area contributed by atoms with Crippen molar-refractivity contribution >= 4 is 46.4 Å². The lowest BCUT2D eigenvalue weighted by atomic mass is 9.86. The van der Waals surface area contributed by atoms with Crippen molar-refractivity contribution in [3.05, 3.63) is 56.9 Å². The van der Waals surface area contributed by atoms with Gasteiger partial charge in [0.1, 0.15) is 12.4 Å². The van der Waals surface area contributed by atoms with E-state index in [1.165, 1.54) is 32.4 Å². The molecule has 4 aliphatic rings. The molecule has 6 heterocycles. The molecule has 0 aliphatic carbocycles. The summed E-state index contributed by atoms with van der Waals surface area (Å²) in [7, 11) is -13.9. The maximum atomic E-state index is 13.6. The molecular weight excluding hydrogens is 833 g/mol. The van der Waals surface area contributed by atoms with Crippen LogP contribution in [0.4, 0.5) is 4.79 Å². The third-order valence-corrected chi connectivity index (χ3v) is 9.97. The van der Waals surface area contributed by atoms with Crippen LogP contribution in [0.25, 0.3) is 22.3 Å². The van der Waals surface area contributed by atoms with E-state index < -0.39 is 35.0 Å². The molecule has 7 rings (SSSR count). The molecule has 22 nitrogen and oxygen atoms in total. The number of carbonyl (C=O) groups excluding carboxylic acids is 2. The molecule has 2 fully saturated rings. The Labute approximate surface area is 331 Å². The highest BCUT2D eigenvalue weighted by Crippen LogP contribution is 2.41. The van der Waals surface area contributed by atoms with Crippen LogP contribution in [-0.2, 0) is 48.4 Å². The lowest BCUT2D eigenvalue weighted by Crippen LogP contribution is -2.48. The van der Waals surface area contributed by atoms with Gasteiger partial charge in [0.2, 0.25) is 0 Å². The van der Waals surface area contributed by atoms with Crippen LogP contribution >= 0.6 is 23.5 Å². The minimum Gasteiger partial charge on any atom is -0.458 e. The predicted molar refractivity (Wildman–Crippen MR) is 203 cm³/mol. The molecular formula is C33H47N4O18P3. The fourth-order valence-corrected chi connectivity index (χ4v) is 7.47. The van der Waals surface area contributed by atoms with Crippen molar-refractivity contribution in [2.75, 3.05) is 26.2 Å². The van der Waals surface area contributed by atoms with E-state index in [2.05, 4.69) is 11.8 Å². The number of cyclic esters (lactones) is 1. The van der Waals surface area contributed by atoms with Crippen LogP contribution in [0.3, 0.4) is 0 Å². The molecule has 0 bridgehead atoms. The Morgan fingerprint density at radius 1 is 0.862 bits per heavy atom. The van der Waals surface area contributed by atoms with E-state index >= 15 is 0 Å². The van der Waals surface area contributed by atoms with Crippen molar-refractivity contribution in [1.82, 2.24) is 19.4 Å². The number of phosphoric acid groups is 3. The number of pyridine rings is 2. The summed E-state index contributed by atoms with van der Waals surface area (Å²) in [5.41, 5.74) is 2.38. The number of hydrogen-bond acceptors (Lipinski definition) is 11. The van der Waals surface area contributed by atoms with Crippen molar-refractivity contribution in [2.24, 2.45) is 0 Å². The Kier molecular flexibility index (Phi) is 15.4. The molecule has 0 unspecified atom stereocenters. The number of benzene rings is 1. The van der Waals surface area contributed by atoms with Crippen molar-refractivity contribution < 1.29 is 81.9 Å². The molecule has 1 amide bonds. The van der Waals surface area contributed by atoms with E-state index in [0.29, 0.717) is 60.4 Å². The molecule has 2 saturated heterocycles. The van der Waals surface area contributed by atoms with Crippen molar-refractivity contribution in [2.45, 2.75) is 83.6 Å². The summed E-state index contributed by atoms with van der Waals surface area (Å²) in [4.78, 5) is 113. The Bertz CT molecular complexity index is 2130. The fraction of sp³-hybridized carbons (Fsp3) is 0.515. The first-order valence-electron chi connectivity index (χ1n) is 18.0. The van der Waals surface area contributed by atoms with Gasteiger partial charge in [0, 0.05) is 35.6 Å². The molecule has 0 spiro atoms. The van der Waals surface area contributed by atoms with Crippen LogP contribution in [0.5, 0.6) is 5.75 Å². The van der Waals surface area contributed by atoms with Gasteiger partial charge in [0.05, 0.1) is 29.0 Å². The Morgan fingerprint density at radius 2 is 1.43 bits per heavy atom. The van der Waals surface area contributed by atoms with Crippen molar-refractivity contribution in [1.29, 1.82) is 0 Å². The molecule has 0 saturated carbocycles. The summed E-state index contributed by atoms with van der Waals surface area (Å²) in [6, 6.07) is 7.77. The number of aromatic nitrogens is 2. The number of fused-ring (bicyclic) bond motifs is 5. The number of nitrogens with zero attached hydrogens (tertiary/aromatic N) is 4. The molecule has 58 heavy (non-hydrogen) atoms. The normalized spacial score (nSPS) is 19.5. The second kappa shape index (κ2) is 18.9. The second-order valence-electron chi connectivity index (χ2n) is 13.8. The Morgan fingerprint density at radius 3 is 1.97 bits per heavy atom. The molecule has 322 valence electrons. The van der Waals surface area contributed by atoms with E-state index in [0.717, 1.165) is 34.9 Å². The second-order valence-corrected chi connectivity index (χ2v) is 16.9. The van der Waals surface area contributed by atoms with Crippen LogP contribution < -0.4 is 10.3 Å². The van der Waals surface area contributed by atoms with Crippen LogP contribution in [0.2, 0.25) is 0 Å². The summed E-state index contributed by atoms with van der Waals surface area (Å²) in [6.07, 6.45) is 6.26. The van der Waals surface area contributed by atoms with E-state index in [1.54, 1.807) is 23.6 Å².